The first kappa shape index (κ1) is 24.3. The SMILES string of the molecule is COc1cccc(COc2ccc(C(CN3CCN(C)CC3)C3(O)CCCCC3)cc2Cl)c1. The lowest BCUT2D eigenvalue weighted by Gasteiger charge is -2.43. The van der Waals surface area contributed by atoms with Gasteiger partial charge in [0.15, 0.2) is 0 Å². The Bertz CT molecular complexity index is 908. The van der Waals surface area contributed by atoms with Gasteiger partial charge >= 0.3 is 0 Å². The number of likely N-dealkylation sites (N-methyl/N-ethyl adjacent to an activating group) is 1. The summed E-state index contributed by atoms with van der Waals surface area (Å²) in [5, 5.41) is 12.3. The lowest BCUT2D eigenvalue weighted by Crippen LogP contribution is -2.50. The number of aliphatic hydroxyl groups is 1. The fourth-order valence-corrected chi connectivity index (χ4v) is 5.40. The maximum absolute atomic E-state index is 11.7. The van der Waals surface area contributed by atoms with Gasteiger partial charge in [-0.05, 0) is 55.3 Å². The Morgan fingerprint density at radius 3 is 2.48 bits per heavy atom. The number of methoxy groups -OCH3 is 1. The number of benzene rings is 2. The predicted molar refractivity (Wildman–Crippen MR) is 133 cm³/mol. The molecule has 0 spiro atoms. The molecule has 1 aliphatic carbocycles. The summed E-state index contributed by atoms with van der Waals surface area (Å²) in [5.74, 6) is 1.52. The quantitative estimate of drug-likeness (QED) is 0.588. The first-order valence-electron chi connectivity index (χ1n) is 12.2. The third-order valence-corrected chi connectivity index (χ3v) is 7.59. The molecule has 0 radical (unpaired) electrons. The Labute approximate surface area is 203 Å². The van der Waals surface area contributed by atoms with Crippen molar-refractivity contribution in [3.8, 4) is 11.5 Å². The summed E-state index contributed by atoms with van der Waals surface area (Å²) in [6.07, 6.45) is 5.10. The average Bonchev–Trinajstić information content (AvgIpc) is 2.83. The Kier molecular flexibility index (Phi) is 8.18. The van der Waals surface area contributed by atoms with E-state index in [4.69, 9.17) is 21.1 Å². The smallest absolute Gasteiger partial charge is 0.138 e. The zero-order valence-electron chi connectivity index (χ0n) is 19.9. The topological polar surface area (TPSA) is 45.2 Å². The summed E-state index contributed by atoms with van der Waals surface area (Å²) < 4.78 is 11.3. The van der Waals surface area contributed by atoms with Crippen LogP contribution >= 0.6 is 11.6 Å². The molecule has 2 aromatic rings. The van der Waals surface area contributed by atoms with Gasteiger partial charge in [0.1, 0.15) is 18.1 Å². The van der Waals surface area contributed by atoms with Gasteiger partial charge in [0, 0.05) is 38.6 Å². The van der Waals surface area contributed by atoms with Gasteiger partial charge in [-0.2, -0.15) is 0 Å². The van der Waals surface area contributed by atoms with Gasteiger partial charge in [-0.3, -0.25) is 0 Å². The van der Waals surface area contributed by atoms with Gasteiger partial charge in [0.05, 0.1) is 17.7 Å². The van der Waals surface area contributed by atoms with E-state index in [0.717, 1.165) is 75.3 Å². The summed E-state index contributed by atoms with van der Waals surface area (Å²) >= 11 is 6.69. The van der Waals surface area contributed by atoms with Crippen LogP contribution in [0.4, 0.5) is 0 Å². The lowest BCUT2D eigenvalue weighted by atomic mass is 9.72. The molecule has 180 valence electrons. The number of hydrogen-bond acceptors (Lipinski definition) is 5. The van der Waals surface area contributed by atoms with Crippen LogP contribution in [0.25, 0.3) is 0 Å². The largest absolute Gasteiger partial charge is 0.497 e. The summed E-state index contributed by atoms with van der Waals surface area (Å²) in [4.78, 5) is 4.87. The predicted octanol–water partition coefficient (Wildman–Crippen LogP) is 4.95. The zero-order chi connectivity index (χ0) is 23.3. The summed E-state index contributed by atoms with van der Waals surface area (Å²) in [6.45, 7) is 5.51. The van der Waals surface area contributed by atoms with E-state index in [1.807, 2.05) is 36.4 Å². The Balaban J connectivity index is 1.50. The summed E-state index contributed by atoms with van der Waals surface area (Å²) in [5.41, 5.74) is 1.46. The third kappa shape index (κ3) is 6.21. The van der Waals surface area contributed by atoms with Crippen LogP contribution in [0.15, 0.2) is 42.5 Å². The minimum Gasteiger partial charge on any atom is -0.497 e. The number of ether oxygens (including phenoxy) is 2. The number of halogens is 1. The molecule has 0 amide bonds. The van der Waals surface area contributed by atoms with E-state index in [9.17, 15) is 5.11 Å². The second kappa shape index (κ2) is 11.1. The van der Waals surface area contributed by atoms with Gasteiger partial charge in [0.2, 0.25) is 0 Å². The molecule has 1 heterocycles. The highest BCUT2D eigenvalue weighted by Gasteiger charge is 2.40. The van der Waals surface area contributed by atoms with Gasteiger partial charge in [-0.1, -0.05) is 49.1 Å². The Morgan fingerprint density at radius 1 is 1.03 bits per heavy atom. The van der Waals surface area contributed by atoms with Gasteiger partial charge in [-0.15, -0.1) is 0 Å². The van der Waals surface area contributed by atoms with Crippen LogP contribution in [0.5, 0.6) is 11.5 Å². The lowest BCUT2D eigenvalue weighted by molar-refractivity contribution is -0.0337. The van der Waals surface area contributed by atoms with Crippen molar-refractivity contribution in [2.24, 2.45) is 0 Å². The molecule has 4 rings (SSSR count). The number of hydrogen-bond donors (Lipinski definition) is 1. The molecular formula is C27H37ClN2O3. The van der Waals surface area contributed by atoms with Crippen LogP contribution in [-0.2, 0) is 6.61 Å². The molecule has 1 aliphatic heterocycles. The van der Waals surface area contributed by atoms with Crippen molar-refractivity contribution in [3.05, 3.63) is 58.6 Å². The molecule has 1 N–H and O–H groups in total. The van der Waals surface area contributed by atoms with Crippen molar-refractivity contribution < 1.29 is 14.6 Å². The van der Waals surface area contributed by atoms with Crippen molar-refractivity contribution in [1.82, 2.24) is 9.80 Å². The average molecular weight is 473 g/mol. The van der Waals surface area contributed by atoms with Gasteiger partial charge < -0.3 is 24.4 Å². The van der Waals surface area contributed by atoms with E-state index in [1.54, 1.807) is 7.11 Å². The van der Waals surface area contributed by atoms with E-state index < -0.39 is 5.60 Å². The van der Waals surface area contributed by atoms with E-state index >= 15 is 0 Å². The zero-order valence-corrected chi connectivity index (χ0v) is 20.7. The van der Waals surface area contributed by atoms with E-state index in [1.165, 1.54) is 6.42 Å². The molecule has 5 nitrogen and oxygen atoms in total. The van der Waals surface area contributed by atoms with Crippen LogP contribution in [0.3, 0.4) is 0 Å². The molecule has 0 bridgehead atoms. The van der Waals surface area contributed by atoms with Crippen molar-refractivity contribution in [3.63, 3.8) is 0 Å². The fourth-order valence-electron chi connectivity index (χ4n) is 5.16. The normalized spacial score (nSPS) is 20.4. The molecule has 1 unspecified atom stereocenters. The van der Waals surface area contributed by atoms with Crippen LogP contribution in [0.2, 0.25) is 5.02 Å². The first-order chi connectivity index (χ1) is 16.0. The second-order valence-corrected chi connectivity index (χ2v) is 10.1. The molecule has 2 aromatic carbocycles. The third-order valence-electron chi connectivity index (χ3n) is 7.29. The van der Waals surface area contributed by atoms with Crippen LogP contribution < -0.4 is 9.47 Å². The Morgan fingerprint density at radius 2 is 1.79 bits per heavy atom. The van der Waals surface area contributed by atoms with E-state index in [2.05, 4.69) is 22.9 Å². The van der Waals surface area contributed by atoms with Crippen molar-refractivity contribution in [2.45, 2.75) is 50.2 Å². The number of piperazine rings is 1. The highest BCUT2D eigenvalue weighted by molar-refractivity contribution is 6.32. The van der Waals surface area contributed by atoms with Crippen molar-refractivity contribution in [2.75, 3.05) is 46.9 Å². The van der Waals surface area contributed by atoms with Gasteiger partial charge in [-0.25, -0.2) is 0 Å². The minimum absolute atomic E-state index is 0.0474. The molecule has 33 heavy (non-hydrogen) atoms. The maximum Gasteiger partial charge on any atom is 0.138 e. The molecule has 2 aliphatic rings. The van der Waals surface area contributed by atoms with Crippen molar-refractivity contribution in [1.29, 1.82) is 0 Å². The summed E-state index contributed by atoms with van der Waals surface area (Å²) in [6, 6.07) is 13.9. The van der Waals surface area contributed by atoms with E-state index in [0.29, 0.717) is 17.4 Å². The fraction of sp³-hybridized carbons (Fsp3) is 0.556. The molecule has 1 saturated heterocycles. The first-order valence-corrected chi connectivity index (χ1v) is 12.5. The highest BCUT2D eigenvalue weighted by Crippen LogP contribution is 2.42. The number of nitrogens with zero attached hydrogens (tertiary/aromatic N) is 2. The molecule has 6 heteroatoms. The molecular weight excluding hydrogens is 436 g/mol. The van der Waals surface area contributed by atoms with Crippen LogP contribution in [0, 0.1) is 0 Å². The highest BCUT2D eigenvalue weighted by atomic mass is 35.5. The summed E-state index contributed by atoms with van der Waals surface area (Å²) in [7, 11) is 3.84. The minimum atomic E-state index is -0.673. The standard InChI is InChI=1S/C27H37ClN2O3/c1-29-13-15-30(16-14-29)19-24(27(31)11-4-3-5-12-27)22-9-10-26(25(28)18-22)33-20-21-7-6-8-23(17-21)32-2/h6-10,17-18,24,31H,3-5,11-16,19-20H2,1-2H3. The van der Waals surface area contributed by atoms with Gasteiger partial charge in [0.25, 0.3) is 0 Å². The van der Waals surface area contributed by atoms with Crippen LogP contribution in [0.1, 0.15) is 49.1 Å². The monoisotopic (exact) mass is 472 g/mol. The Hall–Kier alpha value is -1.79. The molecule has 0 aromatic heterocycles. The molecule has 2 fully saturated rings. The van der Waals surface area contributed by atoms with Crippen molar-refractivity contribution >= 4 is 11.6 Å². The second-order valence-electron chi connectivity index (χ2n) is 9.65. The molecule has 1 saturated carbocycles. The molecule has 1 atom stereocenters. The number of rotatable bonds is 8. The van der Waals surface area contributed by atoms with E-state index in [-0.39, 0.29) is 5.92 Å². The maximum atomic E-state index is 11.7. The van der Waals surface area contributed by atoms with Crippen LogP contribution in [-0.4, -0.2) is 67.4 Å².